The molecule has 0 unspecified atom stereocenters. The summed E-state index contributed by atoms with van der Waals surface area (Å²) in [7, 11) is 0. The van der Waals surface area contributed by atoms with Gasteiger partial charge in [0.05, 0.1) is 5.39 Å². The lowest BCUT2D eigenvalue weighted by Crippen LogP contribution is -2.05. The van der Waals surface area contributed by atoms with Crippen molar-refractivity contribution in [3.8, 4) is 11.3 Å². The molecule has 4 rings (SSSR count). The number of hydrogen-bond donors (Lipinski definition) is 0. The molecule has 0 amide bonds. The van der Waals surface area contributed by atoms with E-state index in [2.05, 4.69) is 41.4 Å². The predicted molar refractivity (Wildman–Crippen MR) is 83.4 cm³/mol. The van der Waals surface area contributed by atoms with E-state index in [1.54, 1.807) is 12.1 Å². The van der Waals surface area contributed by atoms with Crippen LogP contribution in [-0.4, -0.2) is 0 Å². The molecule has 0 aliphatic carbocycles. The van der Waals surface area contributed by atoms with E-state index in [0.717, 1.165) is 11.3 Å². The Hall–Kier alpha value is -2.74. The van der Waals surface area contributed by atoms with Crippen LogP contribution in [-0.2, 0) is 0 Å². The number of halogens is 1. The van der Waals surface area contributed by atoms with Gasteiger partial charge in [0.2, 0.25) is 5.69 Å². The molecule has 0 aliphatic rings. The molecule has 1 N–H and O–H groups in total. The number of benzene rings is 3. The molecule has 0 aliphatic heterocycles. The number of nitrogens with one attached hydrogen (secondary N) is 1. The van der Waals surface area contributed by atoms with Crippen LogP contribution in [0.15, 0.2) is 72.9 Å². The van der Waals surface area contributed by atoms with Crippen LogP contribution in [0.4, 0.5) is 4.39 Å². The Morgan fingerprint density at radius 1 is 0.714 bits per heavy atom. The van der Waals surface area contributed by atoms with E-state index in [1.807, 2.05) is 12.3 Å². The summed E-state index contributed by atoms with van der Waals surface area (Å²) in [5.41, 5.74) is 1.96. The lowest BCUT2D eigenvalue weighted by molar-refractivity contribution is -0.362. The quantitative estimate of drug-likeness (QED) is 0.450. The van der Waals surface area contributed by atoms with Crippen molar-refractivity contribution in [2.24, 2.45) is 0 Å². The molecule has 21 heavy (non-hydrogen) atoms. The summed E-state index contributed by atoms with van der Waals surface area (Å²) in [6.07, 6.45) is 2.02. The first kappa shape index (κ1) is 12.0. The van der Waals surface area contributed by atoms with E-state index in [0.29, 0.717) is 0 Å². The average Bonchev–Trinajstić information content (AvgIpc) is 2.55. The minimum atomic E-state index is -0.217. The zero-order valence-corrected chi connectivity index (χ0v) is 11.3. The summed E-state index contributed by atoms with van der Waals surface area (Å²) >= 11 is 0. The Bertz CT molecular complexity index is 942. The van der Waals surface area contributed by atoms with Gasteiger partial charge in [-0.15, -0.1) is 0 Å². The van der Waals surface area contributed by atoms with E-state index >= 15 is 0 Å². The van der Waals surface area contributed by atoms with Crippen LogP contribution >= 0.6 is 0 Å². The molecule has 0 fully saturated rings. The van der Waals surface area contributed by atoms with Crippen LogP contribution in [0.25, 0.3) is 32.8 Å². The van der Waals surface area contributed by atoms with E-state index in [1.165, 1.54) is 33.7 Å². The molecule has 0 spiro atoms. The zero-order valence-electron chi connectivity index (χ0n) is 11.3. The second-order valence-corrected chi connectivity index (χ2v) is 5.14. The lowest BCUT2D eigenvalue weighted by atomic mass is 10.0. The second-order valence-electron chi connectivity index (χ2n) is 5.14. The number of pyridine rings is 1. The smallest absolute Gasteiger partial charge is 0.210 e. The summed E-state index contributed by atoms with van der Waals surface area (Å²) < 4.78 is 13.0. The van der Waals surface area contributed by atoms with E-state index in [4.69, 9.17) is 0 Å². The summed E-state index contributed by atoms with van der Waals surface area (Å²) in [6.45, 7) is 0. The van der Waals surface area contributed by atoms with Gasteiger partial charge in [0.15, 0.2) is 6.20 Å². The van der Waals surface area contributed by atoms with Crippen LogP contribution in [0.3, 0.4) is 0 Å². The number of fused-ring (bicyclic) bond motifs is 3. The SMILES string of the molecule is Fc1ccc(-c2cc3ccc4ccccc4c3c[nH+]2)cc1. The maximum atomic E-state index is 13.0. The minimum absolute atomic E-state index is 0.217. The lowest BCUT2D eigenvalue weighted by Gasteiger charge is -2.02. The highest BCUT2D eigenvalue weighted by Gasteiger charge is 2.09. The van der Waals surface area contributed by atoms with Crippen molar-refractivity contribution in [1.29, 1.82) is 0 Å². The van der Waals surface area contributed by atoms with Crippen LogP contribution in [0.1, 0.15) is 0 Å². The minimum Gasteiger partial charge on any atom is -0.210 e. The Balaban J connectivity index is 1.94. The van der Waals surface area contributed by atoms with Crippen molar-refractivity contribution in [3.63, 3.8) is 0 Å². The van der Waals surface area contributed by atoms with Crippen LogP contribution in [0, 0.1) is 5.82 Å². The second kappa shape index (κ2) is 4.67. The molecule has 1 nitrogen and oxygen atoms in total. The summed E-state index contributed by atoms with van der Waals surface area (Å²) in [5.74, 6) is -0.217. The van der Waals surface area contributed by atoms with E-state index < -0.39 is 0 Å². The first-order valence-corrected chi connectivity index (χ1v) is 6.90. The number of hydrogen-bond acceptors (Lipinski definition) is 0. The standard InChI is InChI=1S/C19H12FN/c20-16-9-7-14(8-10-16)19-11-15-6-5-13-3-1-2-4-17(13)18(15)12-21-19/h1-12H/p+1. The fourth-order valence-corrected chi connectivity index (χ4v) is 2.74. The molecule has 2 heteroatoms. The first-order valence-electron chi connectivity index (χ1n) is 6.90. The van der Waals surface area contributed by atoms with Gasteiger partial charge >= 0.3 is 0 Å². The van der Waals surface area contributed by atoms with Crippen LogP contribution in [0.2, 0.25) is 0 Å². The summed E-state index contributed by atoms with van der Waals surface area (Å²) in [6, 6.07) is 21.2. The average molecular weight is 274 g/mol. The highest BCUT2D eigenvalue weighted by atomic mass is 19.1. The Morgan fingerprint density at radius 3 is 2.33 bits per heavy atom. The molecule has 0 radical (unpaired) electrons. The van der Waals surface area contributed by atoms with Gasteiger partial charge in [-0.2, -0.15) is 0 Å². The molecule has 0 atom stereocenters. The molecule has 0 saturated heterocycles. The number of aromatic amines is 1. The molecule has 100 valence electrons. The highest BCUT2D eigenvalue weighted by Crippen LogP contribution is 2.26. The van der Waals surface area contributed by atoms with Crippen molar-refractivity contribution < 1.29 is 9.37 Å². The van der Waals surface area contributed by atoms with Crippen molar-refractivity contribution in [1.82, 2.24) is 0 Å². The first-order chi connectivity index (χ1) is 10.3. The number of H-pyrrole nitrogens is 1. The molecule has 1 aromatic heterocycles. The Kier molecular flexibility index (Phi) is 2.68. The van der Waals surface area contributed by atoms with Crippen molar-refractivity contribution in [2.45, 2.75) is 0 Å². The third-order valence-corrected chi connectivity index (χ3v) is 3.83. The van der Waals surface area contributed by atoms with Crippen molar-refractivity contribution in [3.05, 3.63) is 78.7 Å². The largest absolute Gasteiger partial charge is 0.211 e. The molecule has 0 bridgehead atoms. The number of aromatic nitrogens is 1. The molecule has 3 aromatic carbocycles. The zero-order chi connectivity index (χ0) is 14.2. The number of rotatable bonds is 1. The maximum absolute atomic E-state index is 13.0. The van der Waals surface area contributed by atoms with Gasteiger partial charge in [0.1, 0.15) is 5.82 Å². The summed E-state index contributed by atoms with van der Waals surface area (Å²) in [5, 5.41) is 4.83. The molecular formula is C19H13FN+. The predicted octanol–water partition coefficient (Wildman–Crippen LogP) is 4.61. The third-order valence-electron chi connectivity index (χ3n) is 3.83. The van der Waals surface area contributed by atoms with E-state index in [9.17, 15) is 4.39 Å². The van der Waals surface area contributed by atoms with Crippen LogP contribution < -0.4 is 4.98 Å². The Morgan fingerprint density at radius 2 is 1.48 bits per heavy atom. The summed E-state index contributed by atoms with van der Waals surface area (Å²) in [4.78, 5) is 3.32. The third kappa shape index (κ3) is 2.05. The Labute approximate surface area is 121 Å². The van der Waals surface area contributed by atoms with Crippen molar-refractivity contribution >= 4 is 21.5 Å². The van der Waals surface area contributed by atoms with Crippen molar-refractivity contribution in [2.75, 3.05) is 0 Å². The maximum Gasteiger partial charge on any atom is 0.211 e. The van der Waals surface area contributed by atoms with Gasteiger partial charge in [-0.1, -0.05) is 36.4 Å². The molecular weight excluding hydrogens is 261 g/mol. The normalized spacial score (nSPS) is 11.1. The fourth-order valence-electron chi connectivity index (χ4n) is 2.74. The molecule has 4 aromatic rings. The van der Waals surface area contributed by atoms with Gasteiger partial charge in [0.25, 0.3) is 0 Å². The van der Waals surface area contributed by atoms with Crippen LogP contribution in [0.5, 0.6) is 0 Å². The monoisotopic (exact) mass is 274 g/mol. The molecule has 0 saturated carbocycles. The highest BCUT2D eigenvalue weighted by molar-refractivity contribution is 6.07. The topological polar surface area (TPSA) is 14.1 Å². The van der Waals surface area contributed by atoms with Gasteiger partial charge in [-0.05, 0) is 40.4 Å². The van der Waals surface area contributed by atoms with Gasteiger partial charge < -0.3 is 0 Å². The fraction of sp³-hybridized carbons (Fsp3) is 0. The van der Waals surface area contributed by atoms with E-state index in [-0.39, 0.29) is 5.82 Å². The van der Waals surface area contributed by atoms with Gasteiger partial charge in [0, 0.05) is 11.6 Å². The van der Waals surface area contributed by atoms with Gasteiger partial charge in [-0.3, -0.25) is 0 Å². The molecule has 1 heterocycles. The van der Waals surface area contributed by atoms with Gasteiger partial charge in [-0.25, -0.2) is 9.37 Å².